The van der Waals surface area contributed by atoms with E-state index in [0.29, 0.717) is 69.5 Å². The molecule has 88 heavy (non-hydrogen) atoms. The lowest BCUT2D eigenvalue weighted by atomic mass is 9.97. The minimum atomic E-state index is -0.727. The van der Waals surface area contributed by atoms with Gasteiger partial charge >= 0.3 is 0 Å². The van der Waals surface area contributed by atoms with Crippen LogP contribution in [0.4, 0.5) is 35.1 Å². The molecule has 0 spiro atoms. The Morgan fingerprint density at radius 1 is 0.227 bits per heavy atom. The van der Waals surface area contributed by atoms with Gasteiger partial charge in [-0.25, -0.2) is 35.1 Å². The van der Waals surface area contributed by atoms with Gasteiger partial charge in [-0.2, -0.15) is 0 Å². The highest BCUT2D eigenvalue weighted by atomic mass is 19.2. The second-order valence-corrected chi connectivity index (χ2v) is 23.8. The molecule has 0 aliphatic heterocycles. The van der Waals surface area contributed by atoms with Gasteiger partial charge in [0.2, 0.25) is 0 Å². The first-order valence-electron chi connectivity index (χ1n) is 31.8. The van der Waals surface area contributed by atoms with E-state index in [1.54, 1.807) is 48.5 Å². The lowest BCUT2D eigenvalue weighted by molar-refractivity contribution is 0.506. The standard InChI is InChI=1S/C22H24F2.C21H22F2.C19H18F2.C18H16F2/c1-3-5-6-8-15-9-10-16-12-19-13-17(7-4-2)21(23)22(24)20(19)14-18(16)11-15;1-3-5-7-14-8-9-15-11-18-12-16(6-4-2)20(22)21(23)19(18)13-17(15)10-14;1-3-5-14-10-16-9-13-7-6-12(4-2)8-15(13)11-17(16)19(21)18(14)20;1-3-4-13-9-15-8-12-6-5-11(2)7-14(12)10-16(15)18(20)17(13)19/h9-14H,3-8H2,1-2H3;8-13H,3-7H2,1-2H3;6-11H,3-5H2,1-2H3;5-10H,3-4H2,1-2H3. The van der Waals surface area contributed by atoms with Gasteiger partial charge in [0.05, 0.1) is 0 Å². The molecule has 12 aromatic rings. The summed E-state index contributed by atoms with van der Waals surface area (Å²) in [6.07, 6.45) is 14.3. The Labute approximate surface area is 513 Å². The number of unbranched alkanes of at least 4 members (excludes halogenated alkanes) is 3. The van der Waals surface area contributed by atoms with E-state index in [4.69, 9.17) is 0 Å². The van der Waals surface area contributed by atoms with Crippen LogP contribution in [0.25, 0.3) is 86.2 Å². The average Bonchev–Trinajstić information content (AvgIpc) is 2.28. The lowest BCUT2D eigenvalue weighted by Gasteiger charge is -2.10. The first kappa shape index (κ1) is 64.6. The van der Waals surface area contributed by atoms with Crippen LogP contribution in [0.3, 0.4) is 0 Å². The zero-order valence-electron chi connectivity index (χ0n) is 52.2. The van der Waals surface area contributed by atoms with Crippen molar-refractivity contribution in [1.29, 1.82) is 0 Å². The van der Waals surface area contributed by atoms with Crippen LogP contribution < -0.4 is 0 Å². The van der Waals surface area contributed by atoms with E-state index in [1.807, 2.05) is 89.2 Å². The summed E-state index contributed by atoms with van der Waals surface area (Å²) >= 11 is 0. The number of fused-ring (bicyclic) bond motifs is 8. The maximum absolute atomic E-state index is 14.5. The lowest BCUT2D eigenvalue weighted by Crippen LogP contribution is -1.96. The molecule has 12 rings (SSSR count). The second-order valence-electron chi connectivity index (χ2n) is 23.8. The van der Waals surface area contributed by atoms with Crippen molar-refractivity contribution in [2.45, 2.75) is 158 Å². The van der Waals surface area contributed by atoms with Crippen molar-refractivity contribution in [3.63, 3.8) is 0 Å². The summed E-state index contributed by atoms with van der Waals surface area (Å²) in [6, 6.07) is 47.0. The third-order valence-electron chi connectivity index (χ3n) is 16.9. The number of hydrogen-bond acceptors (Lipinski definition) is 0. The minimum Gasteiger partial charge on any atom is -0.203 e. The topological polar surface area (TPSA) is 0 Å². The van der Waals surface area contributed by atoms with Crippen LogP contribution in [-0.2, 0) is 44.9 Å². The highest BCUT2D eigenvalue weighted by Crippen LogP contribution is 2.35. The summed E-state index contributed by atoms with van der Waals surface area (Å²) in [5.74, 6) is -5.67. The zero-order valence-corrected chi connectivity index (χ0v) is 52.2. The van der Waals surface area contributed by atoms with Gasteiger partial charge in [-0.05, 0) is 241 Å². The van der Waals surface area contributed by atoms with E-state index >= 15 is 0 Å². The van der Waals surface area contributed by atoms with Gasteiger partial charge in [-0.3, -0.25) is 0 Å². The van der Waals surface area contributed by atoms with Crippen molar-refractivity contribution in [2.75, 3.05) is 0 Å². The fraction of sp³-hybridized carbons (Fsp3) is 0.300. The SMILES string of the molecule is CCCCCc1ccc2cc3cc(CCC)c(F)c(F)c3cc2c1.CCCCc1ccc2cc3cc(CCC)c(F)c(F)c3cc2c1.CCCc1cc2cc3ccc(C)cc3cc2c(F)c1F.CCCc1cc2cc3ccc(CC)cc3cc2c(F)c1F. The third kappa shape index (κ3) is 14.5. The first-order chi connectivity index (χ1) is 42.5. The van der Waals surface area contributed by atoms with Crippen LogP contribution in [0.15, 0.2) is 146 Å². The van der Waals surface area contributed by atoms with Crippen molar-refractivity contribution in [1.82, 2.24) is 0 Å². The molecule has 0 heterocycles. The normalized spacial score (nSPS) is 11.5. The van der Waals surface area contributed by atoms with Crippen molar-refractivity contribution in [3.8, 4) is 0 Å². The van der Waals surface area contributed by atoms with E-state index in [2.05, 4.69) is 63.2 Å². The fourth-order valence-electron chi connectivity index (χ4n) is 12.1. The average molecular weight is 1190 g/mol. The second kappa shape index (κ2) is 29.4. The Kier molecular flexibility index (Phi) is 21.6. The molecule has 0 unspecified atom stereocenters. The van der Waals surface area contributed by atoms with Crippen molar-refractivity contribution in [2.24, 2.45) is 0 Å². The molecule has 8 heteroatoms. The predicted octanol–water partition coefficient (Wildman–Crippen LogP) is 24.8. The molecule has 0 aromatic heterocycles. The van der Waals surface area contributed by atoms with Crippen LogP contribution in [0, 0.1) is 53.5 Å². The van der Waals surface area contributed by atoms with E-state index in [1.165, 1.54) is 36.0 Å². The van der Waals surface area contributed by atoms with Gasteiger partial charge in [0.25, 0.3) is 0 Å². The summed E-state index contributed by atoms with van der Waals surface area (Å²) in [6.45, 7) is 16.3. The molecule has 0 nitrogen and oxygen atoms in total. The van der Waals surface area contributed by atoms with Crippen LogP contribution in [-0.4, -0.2) is 0 Å². The number of benzene rings is 12. The molecule has 0 bridgehead atoms. The Morgan fingerprint density at radius 3 is 0.841 bits per heavy atom. The molecule has 0 amide bonds. The predicted molar refractivity (Wildman–Crippen MR) is 357 cm³/mol. The molecule has 0 aliphatic rings. The van der Waals surface area contributed by atoms with Gasteiger partial charge in [0.15, 0.2) is 46.5 Å². The molecule has 0 aliphatic carbocycles. The highest BCUT2D eigenvalue weighted by molar-refractivity contribution is 6.02. The monoisotopic (exact) mass is 1190 g/mol. The van der Waals surface area contributed by atoms with Crippen molar-refractivity contribution < 1.29 is 35.1 Å². The number of rotatable bonds is 16. The Morgan fingerprint density at radius 2 is 0.523 bits per heavy atom. The van der Waals surface area contributed by atoms with Crippen LogP contribution in [0.1, 0.15) is 151 Å². The third-order valence-corrected chi connectivity index (χ3v) is 16.9. The van der Waals surface area contributed by atoms with Crippen LogP contribution >= 0.6 is 0 Å². The molecular formula is C80H80F8. The summed E-state index contributed by atoms with van der Waals surface area (Å²) in [7, 11) is 0. The van der Waals surface area contributed by atoms with Crippen LogP contribution in [0.5, 0.6) is 0 Å². The highest BCUT2D eigenvalue weighted by Gasteiger charge is 2.18. The fourth-order valence-corrected chi connectivity index (χ4v) is 12.1. The smallest absolute Gasteiger partial charge is 0.166 e. The van der Waals surface area contributed by atoms with Crippen molar-refractivity contribution >= 4 is 86.2 Å². The summed E-state index contributed by atoms with van der Waals surface area (Å²) in [4.78, 5) is 0. The summed E-state index contributed by atoms with van der Waals surface area (Å²) in [5, 5.41) is 12.7. The molecule has 0 saturated heterocycles. The molecule has 0 atom stereocenters. The van der Waals surface area contributed by atoms with Crippen LogP contribution in [0.2, 0.25) is 0 Å². The Balaban J connectivity index is 0.000000140. The first-order valence-corrected chi connectivity index (χ1v) is 31.8. The largest absolute Gasteiger partial charge is 0.203 e. The number of aryl methyl sites for hydroxylation is 8. The van der Waals surface area contributed by atoms with E-state index in [-0.39, 0.29) is 0 Å². The zero-order chi connectivity index (χ0) is 62.8. The van der Waals surface area contributed by atoms with E-state index in [0.717, 1.165) is 128 Å². The minimum absolute atomic E-state index is 0.362. The quantitative estimate of drug-likeness (QED) is 0.0514. The maximum atomic E-state index is 14.5. The molecule has 456 valence electrons. The molecule has 0 saturated carbocycles. The van der Waals surface area contributed by atoms with Gasteiger partial charge < -0.3 is 0 Å². The summed E-state index contributed by atoms with van der Waals surface area (Å²) < 4.78 is 114. The van der Waals surface area contributed by atoms with Gasteiger partial charge in [-0.15, -0.1) is 0 Å². The van der Waals surface area contributed by atoms with Gasteiger partial charge in [-0.1, -0.05) is 172 Å². The molecule has 12 aromatic carbocycles. The molecule has 0 N–H and O–H groups in total. The molecular weight excluding hydrogens is 1110 g/mol. The summed E-state index contributed by atoms with van der Waals surface area (Å²) in [5.41, 5.74) is 6.69. The molecule has 0 fully saturated rings. The molecule has 0 radical (unpaired) electrons. The number of halogens is 8. The Hall–Kier alpha value is -7.84. The maximum Gasteiger partial charge on any atom is 0.166 e. The van der Waals surface area contributed by atoms with Gasteiger partial charge in [0, 0.05) is 21.5 Å². The van der Waals surface area contributed by atoms with Crippen molar-refractivity contribution in [3.05, 3.63) is 237 Å². The Bertz CT molecular complexity index is 4480. The van der Waals surface area contributed by atoms with E-state index in [9.17, 15) is 35.1 Å². The van der Waals surface area contributed by atoms with Gasteiger partial charge in [0.1, 0.15) is 0 Å². The van der Waals surface area contributed by atoms with E-state index < -0.39 is 46.5 Å². The number of hydrogen-bond donors (Lipinski definition) is 0.